The van der Waals surface area contributed by atoms with Crippen LogP contribution in [-0.2, 0) is 25.7 Å². The highest BCUT2D eigenvalue weighted by atomic mass is 32.2. The first kappa shape index (κ1) is 27.5. The van der Waals surface area contributed by atoms with E-state index in [1.54, 1.807) is 6.92 Å². The van der Waals surface area contributed by atoms with Gasteiger partial charge < -0.3 is 30.0 Å². The lowest BCUT2D eigenvalue weighted by molar-refractivity contribution is -0.894. The molecule has 0 aromatic carbocycles. The molecule has 5 heterocycles. The fourth-order valence-corrected chi connectivity index (χ4v) is 7.57. The van der Waals surface area contributed by atoms with Gasteiger partial charge in [0.15, 0.2) is 0 Å². The summed E-state index contributed by atoms with van der Waals surface area (Å²) < 4.78 is 2.19. The van der Waals surface area contributed by atoms with Gasteiger partial charge in [0.25, 0.3) is 0 Å². The Labute approximate surface area is 230 Å². The Bertz CT molecular complexity index is 1180. The SMILES string of the molecule is CC(NC(=O)Cn1cnnn1)[C@H]1C(=O)N2C(C(=O)O)=C(S[C@@H]3CN[C@H](C(=O)N4CC[N+](C)(C)CC4)C3)[C@H](C)[C@H]12. The zero-order chi connectivity index (χ0) is 28.1. The van der Waals surface area contributed by atoms with Gasteiger partial charge in [0.05, 0.1) is 58.3 Å². The maximum atomic E-state index is 13.2. The molecule has 6 atom stereocenters. The summed E-state index contributed by atoms with van der Waals surface area (Å²) in [5, 5.41) is 26.9. The predicted molar refractivity (Wildman–Crippen MR) is 140 cm³/mol. The Hall–Kier alpha value is -3.04. The maximum absolute atomic E-state index is 13.2. The van der Waals surface area contributed by atoms with Crippen LogP contribution in [0.4, 0.5) is 0 Å². The van der Waals surface area contributed by atoms with Crippen molar-refractivity contribution in [1.82, 2.24) is 40.6 Å². The summed E-state index contributed by atoms with van der Waals surface area (Å²) in [7, 11) is 4.34. The zero-order valence-corrected chi connectivity index (χ0v) is 23.4. The molecule has 1 aromatic heterocycles. The van der Waals surface area contributed by atoms with E-state index in [1.165, 1.54) is 27.7 Å². The van der Waals surface area contributed by atoms with Gasteiger partial charge in [0, 0.05) is 28.7 Å². The number of piperazine rings is 1. The summed E-state index contributed by atoms with van der Waals surface area (Å²) >= 11 is 1.46. The predicted octanol–water partition coefficient (Wildman–Crippen LogP) is -1.67. The number of nitrogens with zero attached hydrogens (tertiary/aromatic N) is 7. The van der Waals surface area contributed by atoms with Gasteiger partial charge in [-0.3, -0.25) is 14.4 Å². The van der Waals surface area contributed by atoms with E-state index in [4.69, 9.17) is 0 Å². The summed E-state index contributed by atoms with van der Waals surface area (Å²) in [6.45, 7) is 7.51. The molecule has 0 bridgehead atoms. The Kier molecular flexibility index (Phi) is 7.41. The number of tetrazole rings is 1. The fourth-order valence-electron chi connectivity index (χ4n) is 6.09. The van der Waals surface area contributed by atoms with Gasteiger partial charge in [0.2, 0.25) is 17.7 Å². The Balaban J connectivity index is 1.21. The number of rotatable bonds is 8. The van der Waals surface area contributed by atoms with Crippen molar-refractivity contribution in [3.63, 3.8) is 0 Å². The lowest BCUT2D eigenvalue weighted by atomic mass is 9.78. The van der Waals surface area contributed by atoms with Crippen LogP contribution in [0.5, 0.6) is 0 Å². The molecule has 0 spiro atoms. The number of carboxylic acids is 1. The van der Waals surface area contributed by atoms with E-state index < -0.39 is 17.9 Å². The van der Waals surface area contributed by atoms with Crippen molar-refractivity contribution in [1.29, 1.82) is 0 Å². The monoisotopic (exact) mass is 562 g/mol. The van der Waals surface area contributed by atoms with Gasteiger partial charge in [-0.25, -0.2) is 9.48 Å². The van der Waals surface area contributed by atoms with Crippen molar-refractivity contribution in [2.45, 2.75) is 50.2 Å². The third-order valence-electron chi connectivity index (χ3n) is 8.36. The number of β-lactam (4-membered cyclic amide) rings is 1. The fraction of sp³-hybridized carbons (Fsp3) is 0.708. The number of aliphatic carboxylic acids is 1. The molecule has 3 saturated heterocycles. The van der Waals surface area contributed by atoms with E-state index in [0.29, 0.717) is 17.9 Å². The van der Waals surface area contributed by atoms with Crippen LogP contribution in [0.2, 0.25) is 0 Å². The number of fused-ring (bicyclic) bond motifs is 1. The molecule has 1 aromatic rings. The number of hydrogen-bond acceptors (Lipinski definition) is 9. The van der Waals surface area contributed by atoms with Crippen LogP contribution in [-0.4, -0.2) is 133 Å². The first-order chi connectivity index (χ1) is 18.5. The largest absolute Gasteiger partial charge is 0.477 e. The van der Waals surface area contributed by atoms with E-state index in [0.717, 1.165) is 30.7 Å². The van der Waals surface area contributed by atoms with Crippen molar-refractivity contribution in [3.8, 4) is 0 Å². The number of thioether (sulfide) groups is 1. The lowest BCUT2D eigenvalue weighted by Gasteiger charge is -2.47. The van der Waals surface area contributed by atoms with Crippen LogP contribution >= 0.6 is 11.8 Å². The molecule has 0 saturated carbocycles. The molecule has 3 fully saturated rings. The molecular weight excluding hydrogens is 526 g/mol. The number of aromatic nitrogens is 4. The first-order valence-electron chi connectivity index (χ1n) is 13.3. The molecular formula is C24H36N9O5S+. The minimum Gasteiger partial charge on any atom is -0.477 e. The molecule has 0 aliphatic carbocycles. The average molecular weight is 563 g/mol. The van der Waals surface area contributed by atoms with Crippen molar-refractivity contribution < 1.29 is 28.8 Å². The number of nitrogens with one attached hydrogen (secondary N) is 2. The summed E-state index contributed by atoms with van der Waals surface area (Å²) in [4.78, 5) is 55.0. The molecule has 4 aliphatic rings. The van der Waals surface area contributed by atoms with E-state index in [-0.39, 0.29) is 53.2 Å². The average Bonchev–Trinajstić information content (AvgIpc) is 3.59. The zero-order valence-electron chi connectivity index (χ0n) is 22.6. The van der Waals surface area contributed by atoms with Crippen LogP contribution in [0.3, 0.4) is 0 Å². The summed E-state index contributed by atoms with van der Waals surface area (Å²) in [6, 6.07) is -1.13. The molecule has 1 unspecified atom stereocenters. The molecule has 14 nitrogen and oxygen atoms in total. The topological polar surface area (TPSA) is 163 Å². The highest BCUT2D eigenvalue weighted by Gasteiger charge is 2.60. The number of carboxylic acid groups (broad SMARTS) is 1. The first-order valence-corrected chi connectivity index (χ1v) is 14.2. The van der Waals surface area contributed by atoms with E-state index in [2.05, 4.69) is 40.3 Å². The highest BCUT2D eigenvalue weighted by molar-refractivity contribution is 8.03. The summed E-state index contributed by atoms with van der Waals surface area (Å²) in [5.41, 5.74) is 0.0248. The smallest absolute Gasteiger partial charge is 0.353 e. The molecule has 0 radical (unpaired) electrons. The second kappa shape index (κ2) is 10.5. The van der Waals surface area contributed by atoms with Gasteiger partial charge in [-0.1, -0.05) is 6.92 Å². The molecule has 15 heteroatoms. The third kappa shape index (κ3) is 5.26. The second-order valence-electron chi connectivity index (χ2n) is 11.5. The number of hydrogen-bond donors (Lipinski definition) is 3. The quantitative estimate of drug-likeness (QED) is 0.247. The van der Waals surface area contributed by atoms with Gasteiger partial charge in [-0.2, -0.15) is 0 Å². The standard InChI is InChI=1S/C24H35N9O5S/c1-13-19-18(14(2)27-17(34)11-31-12-26-28-29-31)23(36)32(19)20(24(37)38)21(13)39-15-9-16(25-10-15)22(35)30-5-7-33(3,4)8-6-30/h12-16,18-19,25H,5-11H2,1-4H3,(H-,27,34,37,38)/p+1/t13-,14?,15+,16+,18-,19-/m1/s1. The number of carbonyl (C=O) groups excluding carboxylic acids is 3. The van der Waals surface area contributed by atoms with E-state index >= 15 is 0 Å². The van der Waals surface area contributed by atoms with E-state index in [9.17, 15) is 24.3 Å². The number of quaternary nitrogens is 1. The number of amides is 3. The second-order valence-corrected chi connectivity index (χ2v) is 12.9. The molecule has 3 N–H and O–H groups in total. The molecule has 212 valence electrons. The third-order valence-corrected chi connectivity index (χ3v) is 9.87. The van der Waals surface area contributed by atoms with Crippen molar-refractivity contribution in [2.24, 2.45) is 11.8 Å². The van der Waals surface area contributed by atoms with Crippen LogP contribution in [0.25, 0.3) is 0 Å². The Morgan fingerprint density at radius 3 is 2.64 bits per heavy atom. The highest BCUT2D eigenvalue weighted by Crippen LogP contribution is 2.51. The summed E-state index contributed by atoms with van der Waals surface area (Å²) in [6.07, 6.45) is 1.93. The minimum absolute atomic E-state index is 0.0171. The Morgan fingerprint density at radius 1 is 1.28 bits per heavy atom. The van der Waals surface area contributed by atoms with Crippen molar-refractivity contribution in [2.75, 3.05) is 46.8 Å². The van der Waals surface area contributed by atoms with Gasteiger partial charge >= 0.3 is 5.97 Å². The van der Waals surface area contributed by atoms with Crippen LogP contribution in [0.15, 0.2) is 16.9 Å². The molecule has 4 aliphatic heterocycles. The van der Waals surface area contributed by atoms with Crippen molar-refractivity contribution in [3.05, 3.63) is 16.9 Å². The van der Waals surface area contributed by atoms with E-state index in [1.807, 2.05) is 11.8 Å². The van der Waals surface area contributed by atoms with Crippen LogP contribution in [0, 0.1) is 11.8 Å². The molecule has 5 rings (SSSR count). The van der Waals surface area contributed by atoms with Gasteiger partial charge in [0.1, 0.15) is 18.6 Å². The number of likely N-dealkylation sites (N-methyl/N-ethyl adjacent to an activating group) is 1. The Morgan fingerprint density at radius 2 is 2.00 bits per heavy atom. The number of carbonyl (C=O) groups is 4. The van der Waals surface area contributed by atoms with Crippen molar-refractivity contribution >= 4 is 35.5 Å². The maximum Gasteiger partial charge on any atom is 0.353 e. The molecule has 3 amide bonds. The van der Waals surface area contributed by atoms with Crippen LogP contribution in [0.1, 0.15) is 20.3 Å². The van der Waals surface area contributed by atoms with Gasteiger partial charge in [-0.05, 0) is 23.8 Å². The lowest BCUT2D eigenvalue weighted by Crippen LogP contribution is -2.66. The van der Waals surface area contributed by atoms with Gasteiger partial charge in [-0.15, -0.1) is 16.9 Å². The minimum atomic E-state index is -1.14. The normalized spacial score (nSPS) is 30.7. The van der Waals surface area contributed by atoms with Crippen LogP contribution < -0.4 is 10.6 Å². The summed E-state index contributed by atoms with van der Waals surface area (Å²) in [5.74, 6) is -2.42. The molecule has 39 heavy (non-hydrogen) atoms.